The highest BCUT2D eigenvalue weighted by molar-refractivity contribution is 5.98. The van der Waals surface area contributed by atoms with Crippen LogP contribution in [0.2, 0.25) is 0 Å². The van der Waals surface area contributed by atoms with Crippen LogP contribution in [-0.2, 0) is 6.54 Å². The van der Waals surface area contributed by atoms with Crippen LogP contribution in [-0.4, -0.2) is 63.2 Å². The van der Waals surface area contributed by atoms with E-state index in [2.05, 4.69) is 32.7 Å². The first-order chi connectivity index (χ1) is 12.6. The van der Waals surface area contributed by atoms with Crippen LogP contribution in [0.15, 0.2) is 36.4 Å². The lowest BCUT2D eigenvalue weighted by molar-refractivity contribution is 0.0627. The molecule has 6 nitrogen and oxygen atoms in total. The van der Waals surface area contributed by atoms with Crippen molar-refractivity contribution in [3.05, 3.63) is 53.5 Å². The lowest BCUT2D eigenvalue weighted by atomic mass is 10.2. The van der Waals surface area contributed by atoms with Gasteiger partial charge in [-0.2, -0.15) is 5.10 Å². The van der Waals surface area contributed by atoms with Crippen molar-refractivity contribution in [3.8, 4) is 0 Å². The summed E-state index contributed by atoms with van der Waals surface area (Å²) in [5.74, 6) is 0.0967. The second-order valence-corrected chi connectivity index (χ2v) is 7.05. The molecule has 0 atom stereocenters. The summed E-state index contributed by atoms with van der Waals surface area (Å²) < 4.78 is 2.07. The largest absolute Gasteiger partial charge is 0.351 e. The average Bonchev–Trinajstić information content (AvgIpc) is 3.22. The van der Waals surface area contributed by atoms with E-state index in [0.717, 1.165) is 55.9 Å². The van der Waals surface area contributed by atoms with Gasteiger partial charge in [-0.15, -0.1) is 0 Å². The fourth-order valence-electron chi connectivity index (χ4n) is 3.67. The Bertz CT molecular complexity index is 884. The number of aromatic nitrogens is 3. The van der Waals surface area contributed by atoms with Gasteiger partial charge in [-0.05, 0) is 32.0 Å². The Balaban J connectivity index is 1.32. The summed E-state index contributed by atoms with van der Waals surface area (Å²) >= 11 is 0. The van der Waals surface area contributed by atoms with Crippen molar-refractivity contribution >= 4 is 16.8 Å². The van der Waals surface area contributed by atoms with Gasteiger partial charge in [0.25, 0.3) is 5.91 Å². The highest BCUT2D eigenvalue weighted by atomic mass is 16.2. The molecule has 0 spiro atoms. The smallest absolute Gasteiger partial charge is 0.270 e. The number of rotatable bonds is 4. The molecule has 1 amide bonds. The molecule has 0 bridgehead atoms. The summed E-state index contributed by atoms with van der Waals surface area (Å²) in [6.07, 6.45) is 0. The monoisotopic (exact) mass is 351 g/mol. The maximum atomic E-state index is 12.8. The molecule has 0 saturated carbocycles. The summed E-state index contributed by atoms with van der Waals surface area (Å²) in [7, 11) is 0. The number of aromatic amines is 1. The lowest BCUT2D eigenvalue weighted by Crippen LogP contribution is -2.49. The number of H-pyrrole nitrogens is 1. The van der Waals surface area contributed by atoms with Gasteiger partial charge in [-0.3, -0.25) is 14.4 Å². The highest BCUT2D eigenvalue weighted by Gasteiger charge is 2.23. The summed E-state index contributed by atoms with van der Waals surface area (Å²) in [6, 6.07) is 12.1. The minimum absolute atomic E-state index is 0.0967. The van der Waals surface area contributed by atoms with Gasteiger partial charge in [-0.1, -0.05) is 18.2 Å². The first-order valence-electron chi connectivity index (χ1n) is 9.20. The molecule has 1 aromatic carbocycles. The molecule has 1 aliphatic heterocycles. The van der Waals surface area contributed by atoms with E-state index in [-0.39, 0.29) is 5.91 Å². The standard InChI is InChI=1S/C20H25N5O/c1-15-13-16(2)25(22-15)12-9-23-7-10-24(11-8-23)20(26)19-14-17-5-3-4-6-18(17)21-19/h3-6,13-14,21H,7-12H2,1-2H3. The quantitative estimate of drug-likeness (QED) is 0.785. The molecule has 2 aromatic heterocycles. The number of piperazine rings is 1. The Hall–Kier alpha value is -2.60. The van der Waals surface area contributed by atoms with Crippen LogP contribution < -0.4 is 0 Å². The van der Waals surface area contributed by atoms with Crippen molar-refractivity contribution in [3.63, 3.8) is 0 Å². The normalized spacial score (nSPS) is 15.7. The van der Waals surface area contributed by atoms with Gasteiger partial charge in [0.15, 0.2) is 0 Å². The Labute approximate surface area is 153 Å². The molecular weight excluding hydrogens is 326 g/mol. The Kier molecular flexibility index (Phi) is 4.51. The first-order valence-corrected chi connectivity index (χ1v) is 9.20. The molecule has 4 rings (SSSR count). The van der Waals surface area contributed by atoms with Gasteiger partial charge in [-0.25, -0.2) is 0 Å². The number of carbonyl (C=O) groups excluding carboxylic acids is 1. The second kappa shape index (κ2) is 6.96. The lowest BCUT2D eigenvalue weighted by Gasteiger charge is -2.34. The van der Waals surface area contributed by atoms with E-state index < -0.39 is 0 Å². The van der Waals surface area contributed by atoms with Crippen LogP contribution in [0.4, 0.5) is 0 Å². The molecule has 1 saturated heterocycles. The minimum Gasteiger partial charge on any atom is -0.351 e. The summed E-state index contributed by atoms with van der Waals surface area (Å²) in [5.41, 5.74) is 3.97. The van der Waals surface area contributed by atoms with Crippen molar-refractivity contribution in [2.24, 2.45) is 0 Å². The zero-order valence-electron chi connectivity index (χ0n) is 15.4. The number of hydrogen-bond donors (Lipinski definition) is 1. The predicted octanol–water partition coefficient (Wildman–Crippen LogP) is 2.44. The van der Waals surface area contributed by atoms with Crippen LogP contribution in [0.25, 0.3) is 10.9 Å². The Morgan fingerprint density at radius 3 is 2.54 bits per heavy atom. The second-order valence-electron chi connectivity index (χ2n) is 7.05. The Morgan fingerprint density at radius 1 is 1.08 bits per heavy atom. The molecular formula is C20H25N5O. The van der Waals surface area contributed by atoms with Gasteiger partial charge in [0, 0.05) is 49.3 Å². The fraction of sp³-hybridized carbons (Fsp3) is 0.400. The molecule has 26 heavy (non-hydrogen) atoms. The number of para-hydroxylation sites is 1. The SMILES string of the molecule is Cc1cc(C)n(CCN2CCN(C(=O)c3cc4ccccc4[nH]3)CC2)n1. The molecule has 1 N–H and O–H groups in total. The number of amides is 1. The van der Waals surface area contributed by atoms with E-state index in [1.54, 1.807) is 0 Å². The number of benzene rings is 1. The van der Waals surface area contributed by atoms with E-state index >= 15 is 0 Å². The molecule has 0 unspecified atom stereocenters. The molecule has 3 heterocycles. The van der Waals surface area contributed by atoms with Gasteiger partial charge in [0.2, 0.25) is 0 Å². The molecule has 0 aliphatic carbocycles. The predicted molar refractivity (Wildman–Crippen MR) is 102 cm³/mol. The van der Waals surface area contributed by atoms with Crippen LogP contribution in [0.5, 0.6) is 0 Å². The minimum atomic E-state index is 0.0967. The van der Waals surface area contributed by atoms with Crippen molar-refractivity contribution < 1.29 is 4.79 Å². The van der Waals surface area contributed by atoms with Crippen LogP contribution >= 0.6 is 0 Å². The molecule has 1 fully saturated rings. The van der Waals surface area contributed by atoms with Gasteiger partial charge in [0.05, 0.1) is 12.2 Å². The number of nitrogens with one attached hydrogen (secondary N) is 1. The number of carbonyl (C=O) groups is 1. The van der Waals surface area contributed by atoms with E-state index in [1.165, 1.54) is 5.69 Å². The summed E-state index contributed by atoms with van der Waals surface area (Å²) in [6.45, 7) is 9.34. The average molecular weight is 351 g/mol. The van der Waals surface area contributed by atoms with Crippen molar-refractivity contribution in [1.29, 1.82) is 0 Å². The van der Waals surface area contributed by atoms with Crippen molar-refractivity contribution in [2.75, 3.05) is 32.7 Å². The van der Waals surface area contributed by atoms with Crippen LogP contribution in [0.1, 0.15) is 21.9 Å². The van der Waals surface area contributed by atoms with Crippen molar-refractivity contribution in [1.82, 2.24) is 24.6 Å². The van der Waals surface area contributed by atoms with E-state index in [9.17, 15) is 4.79 Å². The van der Waals surface area contributed by atoms with Gasteiger partial charge < -0.3 is 9.88 Å². The first kappa shape index (κ1) is 16.8. The summed E-state index contributed by atoms with van der Waals surface area (Å²) in [5, 5.41) is 5.60. The maximum Gasteiger partial charge on any atom is 0.270 e. The Morgan fingerprint density at radius 2 is 1.85 bits per heavy atom. The zero-order valence-corrected chi connectivity index (χ0v) is 15.4. The molecule has 0 radical (unpaired) electrons. The fourth-order valence-corrected chi connectivity index (χ4v) is 3.67. The van der Waals surface area contributed by atoms with E-state index in [4.69, 9.17) is 0 Å². The topological polar surface area (TPSA) is 57.2 Å². The van der Waals surface area contributed by atoms with Crippen LogP contribution in [0, 0.1) is 13.8 Å². The third-order valence-electron chi connectivity index (χ3n) is 5.15. The number of aryl methyl sites for hydroxylation is 2. The maximum absolute atomic E-state index is 12.8. The zero-order chi connectivity index (χ0) is 18.1. The van der Waals surface area contributed by atoms with E-state index in [0.29, 0.717) is 5.69 Å². The molecule has 3 aromatic rings. The summed E-state index contributed by atoms with van der Waals surface area (Å²) in [4.78, 5) is 20.4. The number of hydrogen-bond acceptors (Lipinski definition) is 3. The van der Waals surface area contributed by atoms with E-state index in [1.807, 2.05) is 42.2 Å². The third-order valence-corrected chi connectivity index (χ3v) is 5.15. The number of fused-ring (bicyclic) bond motifs is 1. The third kappa shape index (κ3) is 3.37. The molecule has 6 heteroatoms. The molecule has 1 aliphatic rings. The highest BCUT2D eigenvalue weighted by Crippen LogP contribution is 2.17. The number of nitrogens with zero attached hydrogens (tertiary/aromatic N) is 4. The van der Waals surface area contributed by atoms with Crippen LogP contribution in [0.3, 0.4) is 0 Å². The molecule has 136 valence electrons. The van der Waals surface area contributed by atoms with Crippen molar-refractivity contribution in [2.45, 2.75) is 20.4 Å². The van der Waals surface area contributed by atoms with Gasteiger partial charge in [0.1, 0.15) is 5.69 Å². The van der Waals surface area contributed by atoms with Gasteiger partial charge >= 0.3 is 0 Å².